The number of carbonyl (C=O) groups excluding carboxylic acids is 1. The van der Waals surface area contributed by atoms with Gasteiger partial charge in [0.1, 0.15) is 5.25 Å². The van der Waals surface area contributed by atoms with Crippen LogP contribution in [0.5, 0.6) is 0 Å². The van der Waals surface area contributed by atoms with Gasteiger partial charge in [-0.15, -0.1) is 10.2 Å². The van der Waals surface area contributed by atoms with Crippen LogP contribution in [0.2, 0.25) is 0 Å². The average molecular weight is 394 g/mol. The summed E-state index contributed by atoms with van der Waals surface area (Å²) in [6, 6.07) is 19.9. The van der Waals surface area contributed by atoms with Gasteiger partial charge in [0.05, 0.1) is 6.42 Å². The van der Waals surface area contributed by atoms with Crippen LogP contribution in [0, 0.1) is 0 Å². The van der Waals surface area contributed by atoms with Crippen molar-refractivity contribution in [2.75, 3.05) is 13.1 Å². The molecule has 1 amide bonds. The Morgan fingerprint density at radius 3 is 2.36 bits per heavy atom. The molecule has 2 aromatic carbocycles. The molecule has 1 fully saturated rings. The summed E-state index contributed by atoms with van der Waals surface area (Å²) in [7, 11) is 0. The third-order valence-corrected chi connectivity index (χ3v) is 5.94. The van der Waals surface area contributed by atoms with Gasteiger partial charge in [-0.3, -0.25) is 4.79 Å². The van der Waals surface area contributed by atoms with Gasteiger partial charge in [-0.2, -0.15) is 0 Å². The van der Waals surface area contributed by atoms with Crippen LogP contribution in [0.3, 0.4) is 0 Å². The van der Waals surface area contributed by atoms with Crippen molar-refractivity contribution in [2.45, 2.75) is 36.2 Å². The van der Waals surface area contributed by atoms with E-state index in [1.165, 1.54) is 18.2 Å². The largest absolute Gasteiger partial charge is 0.416 e. The molecular formula is C22H23N3O2S. The molecule has 0 spiro atoms. The molecule has 28 heavy (non-hydrogen) atoms. The number of carbonyl (C=O) groups is 1. The predicted molar refractivity (Wildman–Crippen MR) is 109 cm³/mol. The molecule has 1 aliphatic rings. The van der Waals surface area contributed by atoms with E-state index in [0.717, 1.165) is 37.1 Å². The number of aromatic nitrogens is 2. The zero-order chi connectivity index (χ0) is 19.2. The number of amides is 1. The molecule has 1 unspecified atom stereocenters. The standard InChI is InChI=1S/C22H23N3O2S/c26-21(25-14-8-3-9-15-25)20(18-12-6-2-7-13-18)28-22-24-23-19(27-22)16-17-10-4-1-5-11-17/h1-2,4-7,10-13,20H,3,8-9,14-16H2. The van der Waals surface area contributed by atoms with Gasteiger partial charge in [-0.1, -0.05) is 60.7 Å². The van der Waals surface area contributed by atoms with E-state index >= 15 is 0 Å². The van der Waals surface area contributed by atoms with Crippen molar-refractivity contribution < 1.29 is 9.21 Å². The van der Waals surface area contributed by atoms with Crippen LogP contribution in [0.1, 0.15) is 41.5 Å². The summed E-state index contributed by atoms with van der Waals surface area (Å²) in [4.78, 5) is 15.2. The molecular weight excluding hydrogens is 370 g/mol. The summed E-state index contributed by atoms with van der Waals surface area (Å²) < 4.78 is 5.85. The van der Waals surface area contributed by atoms with E-state index in [1.54, 1.807) is 0 Å². The van der Waals surface area contributed by atoms with Crippen LogP contribution in [0.25, 0.3) is 0 Å². The molecule has 1 atom stereocenters. The first-order chi connectivity index (χ1) is 13.8. The fourth-order valence-electron chi connectivity index (χ4n) is 3.40. The SMILES string of the molecule is O=C(C(Sc1nnc(Cc2ccccc2)o1)c1ccccc1)N1CCCCC1. The highest BCUT2D eigenvalue weighted by Crippen LogP contribution is 2.36. The Kier molecular flexibility index (Phi) is 6.07. The van der Waals surface area contributed by atoms with Crippen LogP contribution in [0.4, 0.5) is 0 Å². The van der Waals surface area contributed by atoms with Crippen LogP contribution in [-0.2, 0) is 11.2 Å². The van der Waals surface area contributed by atoms with Crippen LogP contribution in [0.15, 0.2) is 70.3 Å². The molecule has 2 heterocycles. The molecule has 0 saturated carbocycles. The number of thioether (sulfide) groups is 1. The lowest BCUT2D eigenvalue weighted by molar-refractivity contribution is -0.131. The Labute approximate surface area is 169 Å². The molecule has 3 aromatic rings. The number of piperidine rings is 1. The molecule has 144 valence electrons. The average Bonchev–Trinajstić information content (AvgIpc) is 3.20. The van der Waals surface area contributed by atoms with Crippen LogP contribution in [-0.4, -0.2) is 34.1 Å². The Hall–Kier alpha value is -2.60. The van der Waals surface area contributed by atoms with Gasteiger partial charge in [0, 0.05) is 13.1 Å². The van der Waals surface area contributed by atoms with E-state index in [9.17, 15) is 4.79 Å². The minimum absolute atomic E-state index is 0.124. The van der Waals surface area contributed by atoms with Crippen LogP contribution >= 0.6 is 11.8 Å². The Morgan fingerprint density at radius 1 is 0.964 bits per heavy atom. The van der Waals surface area contributed by atoms with E-state index in [-0.39, 0.29) is 11.2 Å². The van der Waals surface area contributed by atoms with Gasteiger partial charge < -0.3 is 9.32 Å². The van der Waals surface area contributed by atoms with E-state index < -0.39 is 0 Å². The van der Waals surface area contributed by atoms with Gasteiger partial charge >= 0.3 is 0 Å². The number of hydrogen-bond donors (Lipinski definition) is 0. The highest BCUT2D eigenvalue weighted by molar-refractivity contribution is 8.00. The van der Waals surface area contributed by atoms with Gasteiger partial charge in [0.15, 0.2) is 0 Å². The Bertz CT molecular complexity index is 892. The zero-order valence-electron chi connectivity index (χ0n) is 15.7. The molecule has 5 nitrogen and oxygen atoms in total. The van der Waals surface area contributed by atoms with Gasteiger partial charge in [-0.25, -0.2) is 0 Å². The summed E-state index contributed by atoms with van der Waals surface area (Å²) in [6.45, 7) is 1.65. The van der Waals surface area contributed by atoms with Gasteiger partial charge in [0.25, 0.3) is 5.22 Å². The van der Waals surface area contributed by atoms with Crippen molar-refractivity contribution in [1.29, 1.82) is 0 Å². The lowest BCUT2D eigenvalue weighted by Crippen LogP contribution is -2.38. The second kappa shape index (κ2) is 9.06. The second-order valence-electron chi connectivity index (χ2n) is 6.92. The first kappa shape index (κ1) is 18.7. The minimum Gasteiger partial charge on any atom is -0.416 e. The highest BCUT2D eigenvalue weighted by atomic mass is 32.2. The quantitative estimate of drug-likeness (QED) is 0.577. The molecule has 6 heteroatoms. The first-order valence-corrected chi connectivity index (χ1v) is 10.5. The second-order valence-corrected chi connectivity index (χ2v) is 7.97. The summed E-state index contributed by atoms with van der Waals surface area (Å²) >= 11 is 1.34. The Balaban J connectivity index is 1.52. The lowest BCUT2D eigenvalue weighted by Gasteiger charge is -2.29. The molecule has 1 saturated heterocycles. The molecule has 1 aliphatic heterocycles. The summed E-state index contributed by atoms with van der Waals surface area (Å²) in [6.07, 6.45) is 3.92. The predicted octanol–water partition coefficient (Wildman–Crippen LogP) is 4.51. The topological polar surface area (TPSA) is 59.2 Å². The monoisotopic (exact) mass is 393 g/mol. The molecule has 0 radical (unpaired) electrons. The maximum Gasteiger partial charge on any atom is 0.277 e. The van der Waals surface area contributed by atoms with Crippen molar-refractivity contribution >= 4 is 17.7 Å². The fraction of sp³-hybridized carbons (Fsp3) is 0.318. The lowest BCUT2D eigenvalue weighted by atomic mass is 10.1. The van der Waals surface area contributed by atoms with E-state index in [4.69, 9.17) is 4.42 Å². The summed E-state index contributed by atoms with van der Waals surface area (Å²) in [5.41, 5.74) is 2.08. The van der Waals surface area contributed by atoms with Crippen molar-refractivity contribution in [3.63, 3.8) is 0 Å². The van der Waals surface area contributed by atoms with Crippen LogP contribution < -0.4 is 0 Å². The summed E-state index contributed by atoms with van der Waals surface area (Å²) in [5.74, 6) is 0.685. The maximum atomic E-state index is 13.2. The molecule has 0 aliphatic carbocycles. The van der Waals surface area contributed by atoms with Crippen molar-refractivity contribution in [2.24, 2.45) is 0 Å². The summed E-state index contributed by atoms with van der Waals surface area (Å²) in [5, 5.41) is 8.41. The third kappa shape index (κ3) is 4.62. The van der Waals surface area contributed by atoms with E-state index in [1.807, 2.05) is 65.6 Å². The zero-order valence-corrected chi connectivity index (χ0v) is 16.5. The number of likely N-dealkylation sites (tertiary alicyclic amines) is 1. The van der Waals surface area contributed by atoms with E-state index in [0.29, 0.717) is 17.5 Å². The number of rotatable bonds is 6. The van der Waals surface area contributed by atoms with E-state index in [2.05, 4.69) is 10.2 Å². The highest BCUT2D eigenvalue weighted by Gasteiger charge is 2.29. The molecule has 1 aromatic heterocycles. The molecule has 0 N–H and O–H groups in total. The maximum absolute atomic E-state index is 13.2. The van der Waals surface area contributed by atoms with Crippen molar-refractivity contribution in [3.05, 3.63) is 77.7 Å². The number of benzene rings is 2. The smallest absolute Gasteiger partial charge is 0.277 e. The van der Waals surface area contributed by atoms with Crippen molar-refractivity contribution in [1.82, 2.24) is 15.1 Å². The van der Waals surface area contributed by atoms with Gasteiger partial charge in [-0.05, 0) is 42.2 Å². The first-order valence-electron chi connectivity index (χ1n) is 9.66. The number of nitrogens with zero attached hydrogens (tertiary/aromatic N) is 3. The number of hydrogen-bond acceptors (Lipinski definition) is 5. The van der Waals surface area contributed by atoms with Gasteiger partial charge in [0.2, 0.25) is 11.8 Å². The molecule has 0 bridgehead atoms. The minimum atomic E-state index is -0.371. The molecule has 4 rings (SSSR count). The normalized spacial score (nSPS) is 15.4. The fourth-order valence-corrected chi connectivity index (χ4v) is 4.37. The van der Waals surface area contributed by atoms with Crippen molar-refractivity contribution in [3.8, 4) is 0 Å². The third-order valence-electron chi connectivity index (χ3n) is 4.86. The Morgan fingerprint density at radius 2 is 1.64 bits per heavy atom.